The number of fused-ring (bicyclic) bond motifs is 2. The lowest BCUT2D eigenvalue weighted by molar-refractivity contribution is 0.100. The smallest absolute Gasteiger partial charge is 0.292 e. The fourth-order valence-electron chi connectivity index (χ4n) is 3.01. The van der Waals surface area contributed by atoms with Crippen molar-refractivity contribution in [1.82, 2.24) is 15.0 Å². The number of rotatable bonds is 2. The Hall–Kier alpha value is -3.68. The Morgan fingerprint density at radius 2 is 1.88 bits per heavy atom. The van der Waals surface area contributed by atoms with Gasteiger partial charge in [-0.15, -0.1) is 0 Å². The van der Waals surface area contributed by atoms with Crippen LogP contribution in [0.3, 0.4) is 0 Å². The molecule has 0 bridgehead atoms. The Labute approximate surface area is 141 Å². The Bertz CT molecular complexity index is 1160. The van der Waals surface area contributed by atoms with E-state index in [9.17, 15) is 4.79 Å². The van der Waals surface area contributed by atoms with Crippen molar-refractivity contribution in [3.8, 4) is 11.1 Å². The molecule has 0 aliphatic rings. The molecule has 124 valence electrons. The standard InChI is InChI=1S/C17H14N6O2/c1-7-8(2-3-11-14(7)23-17(20)25-11)12-13(18)9(16(19)24)6-10-15(12)22-5-4-21-10/h2-6H,18H2,1H3,(H2,19,24)(H2,20,23). The van der Waals surface area contributed by atoms with Gasteiger partial charge in [-0.05, 0) is 30.2 Å². The quantitative estimate of drug-likeness (QED) is 0.475. The number of nitrogen functional groups attached to an aromatic ring is 2. The summed E-state index contributed by atoms with van der Waals surface area (Å²) < 4.78 is 5.35. The van der Waals surface area contributed by atoms with Crippen LogP contribution in [0.5, 0.6) is 0 Å². The van der Waals surface area contributed by atoms with E-state index in [1.165, 1.54) is 0 Å². The molecule has 2 aromatic carbocycles. The maximum Gasteiger partial charge on any atom is 0.292 e. The van der Waals surface area contributed by atoms with Gasteiger partial charge in [-0.2, -0.15) is 4.98 Å². The van der Waals surface area contributed by atoms with Gasteiger partial charge in [-0.1, -0.05) is 6.07 Å². The summed E-state index contributed by atoms with van der Waals surface area (Å²) in [4.78, 5) is 24.7. The molecule has 0 saturated carbocycles. The maximum atomic E-state index is 11.8. The van der Waals surface area contributed by atoms with Gasteiger partial charge in [0, 0.05) is 18.0 Å². The number of benzene rings is 2. The zero-order valence-electron chi connectivity index (χ0n) is 13.3. The molecule has 8 heteroatoms. The van der Waals surface area contributed by atoms with Crippen LogP contribution in [0.15, 0.2) is 35.0 Å². The molecule has 0 aliphatic carbocycles. The maximum absolute atomic E-state index is 11.8. The fraction of sp³-hybridized carbons (Fsp3) is 0.0588. The molecule has 4 rings (SSSR count). The average molecular weight is 334 g/mol. The van der Waals surface area contributed by atoms with Crippen LogP contribution in [0.2, 0.25) is 0 Å². The first-order valence-corrected chi connectivity index (χ1v) is 7.46. The number of hydrogen-bond donors (Lipinski definition) is 3. The van der Waals surface area contributed by atoms with Gasteiger partial charge in [0.05, 0.1) is 22.3 Å². The number of primary amides is 1. The first-order valence-electron chi connectivity index (χ1n) is 7.46. The molecule has 2 aromatic heterocycles. The Morgan fingerprint density at radius 3 is 2.64 bits per heavy atom. The predicted octanol–water partition coefficient (Wildman–Crippen LogP) is 2.01. The SMILES string of the molecule is Cc1c(-c2c(N)c(C(N)=O)cc3nccnc23)ccc2oc(N)nc12. The molecule has 0 unspecified atom stereocenters. The number of nitrogens with zero attached hydrogens (tertiary/aromatic N) is 3. The van der Waals surface area contributed by atoms with Crippen molar-refractivity contribution >= 4 is 39.7 Å². The molecule has 0 fully saturated rings. The van der Waals surface area contributed by atoms with E-state index in [2.05, 4.69) is 15.0 Å². The van der Waals surface area contributed by atoms with Gasteiger partial charge in [0.25, 0.3) is 11.9 Å². The number of aryl methyl sites for hydroxylation is 1. The minimum atomic E-state index is -0.629. The molecule has 1 amide bonds. The van der Waals surface area contributed by atoms with Gasteiger partial charge in [-0.25, -0.2) is 0 Å². The van der Waals surface area contributed by atoms with Crippen molar-refractivity contribution in [2.24, 2.45) is 5.73 Å². The van der Waals surface area contributed by atoms with Crippen LogP contribution >= 0.6 is 0 Å². The number of oxazole rings is 1. The highest BCUT2D eigenvalue weighted by atomic mass is 16.4. The third-order valence-corrected chi connectivity index (χ3v) is 4.17. The molecule has 8 nitrogen and oxygen atoms in total. The molecule has 0 spiro atoms. The summed E-state index contributed by atoms with van der Waals surface area (Å²) in [6.07, 6.45) is 3.11. The lowest BCUT2D eigenvalue weighted by Crippen LogP contribution is -2.14. The van der Waals surface area contributed by atoms with Crippen molar-refractivity contribution in [2.75, 3.05) is 11.5 Å². The summed E-state index contributed by atoms with van der Waals surface area (Å²) in [5, 5.41) is 0. The van der Waals surface area contributed by atoms with E-state index in [1.54, 1.807) is 24.5 Å². The van der Waals surface area contributed by atoms with Crippen LogP contribution in [-0.4, -0.2) is 20.9 Å². The van der Waals surface area contributed by atoms with E-state index in [4.69, 9.17) is 21.6 Å². The number of aromatic nitrogens is 3. The number of hydrogen-bond acceptors (Lipinski definition) is 7. The van der Waals surface area contributed by atoms with E-state index in [1.807, 2.05) is 13.0 Å². The lowest BCUT2D eigenvalue weighted by atomic mass is 9.94. The Morgan fingerprint density at radius 1 is 1.12 bits per heavy atom. The van der Waals surface area contributed by atoms with Gasteiger partial charge in [0.1, 0.15) is 5.52 Å². The normalized spacial score (nSPS) is 11.2. The Kier molecular flexibility index (Phi) is 3.08. The summed E-state index contributed by atoms with van der Waals surface area (Å²) in [6.45, 7) is 1.87. The van der Waals surface area contributed by atoms with Crippen LogP contribution in [0.25, 0.3) is 33.3 Å². The Balaban J connectivity index is 2.15. The van der Waals surface area contributed by atoms with Gasteiger partial charge in [0.2, 0.25) is 0 Å². The molecule has 0 saturated heterocycles. The summed E-state index contributed by atoms with van der Waals surface area (Å²) in [7, 11) is 0. The van der Waals surface area contributed by atoms with Crippen LogP contribution in [0.1, 0.15) is 15.9 Å². The molecular formula is C17H14N6O2. The summed E-state index contributed by atoms with van der Waals surface area (Å²) in [5.74, 6) is -0.629. The fourth-order valence-corrected chi connectivity index (χ4v) is 3.01. The molecule has 25 heavy (non-hydrogen) atoms. The van der Waals surface area contributed by atoms with Gasteiger partial charge in [0.15, 0.2) is 5.58 Å². The number of carbonyl (C=O) groups excluding carboxylic acids is 1. The molecule has 4 aromatic rings. The van der Waals surface area contributed by atoms with Gasteiger partial charge >= 0.3 is 0 Å². The summed E-state index contributed by atoms with van der Waals surface area (Å²) >= 11 is 0. The summed E-state index contributed by atoms with van der Waals surface area (Å²) in [5.41, 5.74) is 22.3. The molecule has 2 heterocycles. The first-order chi connectivity index (χ1) is 12.0. The van der Waals surface area contributed by atoms with Crippen LogP contribution < -0.4 is 17.2 Å². The van der Waals surface area contributed by atoms with Gasteiger partial charge in [-0.3, -0.25) is 14.8 Å². The predicted molar refractivity (Wildman–Crippen MR) is 94.6 cm³/mol. The second-order valence-corrected chi connectivity index (χ2v) is 5.64. The van der Waals surface area contributed by atoms with Crippen molar-refractivity contribution in [3.05, 3.63) is 41.7 Å². The molecule has 0 radical (unpaired) electrons. The molecule has 0 atom stereocenters. The molecular weight excluding hydrogens is 320 g/mol. The minimum Gasteiger partial charge on any atom is -0.424 e. The topological polar surface area (TPSA) is 147 Å². The highest BCUT2D eigenvalue weighted by Gasteiger charge is 2.20. The monoisotopic (exact) mass is 334 g/mol. The van der Waals surface area contributed by atoms with E-state index < -0.39 is 5.91 Å². The third kappa shape index (κ3) is 2.15. The van der Waals surface area contributed by atoms with Crippen molar-refractivity contribution in [3.63, 3.8) is 0 Å². The van der Waals surface area contributed by atoms with E-state index in [0.717, 1.165) is 11.1 Å². The third-order valence-electron chi connectivity index (χ3n) is 4.17. The van der Waals surface area contributed by atoms with Crippen LogP contribution in [0.4, 0.5) is 11.7 Å². The number of carbonyl (C=O) groups is 1. The lowest BCUT2D eigenvalue weighted by Gasteiger charge is -2.14. The van der Waals surface area contributed by atoms with E-state index >= 15 is 0 Å². The highest BCUT2D eigenvalue weighted by molar-refractivity contribution is 6.10. The number of amides is 1. The van der Waals surface area contributed by atoms with E-state index in [-0.39, 0.29) is 17.3 Å². The number of nitrogens with two attached hydrogens (primary N) is 3. The van der Waals surface area contributed by atoms with Crippen molar-refractivity contribution < 1.29 is 9.21 Å². The first kappa shape index (κ1) is 14.9. The van der Waals surface area contributed by atoms with E-state index in [0.29, 0.717) is 27.7 Å². The van der Waals surface area contributed by atoms with Gasteiger partial charge < -0.3 is 21.6 Å². The van der Waals surface area contributed by atoms with Crippen molar-refractivity contribution in [1.29, 1.82) is 0 Å². The second-order valence-electron chi connectivity index (χ2n) is 5.64. The molecule has 6 N–H and O–H groups in total. The minimum absolute atomic E-state index is 0.0822. The van der Waals surface area contributed by atoms with Crippen LogP contribution in [0, 0.1) is 6.92 Å². The number of anilines is 2. The van der Waals surface area contributed by atoms with Crippen molar-refractivity contribution in [2.45, 2.75) is 6.92 Å². The highest BCUT2D eigenvalue weighted by Crippen LogP contribution is 2.38. The zero-order valence-corrected chi connectivity index (χ0v) is 13.3. The largest absolute Gasteiger partial charge is 0.424 e. The summed E-state index contributed by atoms with van der Waals surface area (Å²) in [6, 6.07) is 5.21. The second kappa shape index (κ2) is 5.17. The van der Waals surface area contributed by atoms with Crippen LogP contribution in [-0.2, 0) is 0 Å². The average Bonchev–Trinajstić information content (AvgIpc) is 2.97. The molecule has 0 aliphatic heterocycles. The zero-order chi connectivity index (χ0) is 17.7.